The molecule has 0 spiro atoms. The molecule has 0 aliphatic heterocycles. The van der Waals surface area contributed by atoms with Crippen LogP contribution in [0.1, 0.15) is 15.9 Å². The number of esters is 1. The largest absolute Gasteiger partial charge is 0.477 e. The number of benzene rings is 1. The van der Waals surface area contributed by atoms with Gasteiger partial charge in [0.1, 0.15) is 5.57 Å². The predicted octanol–water partition coefficient (Wildman–Crippen LogP) is 1.36. The number of carbonyl (C=O) groups excluding carboxylic acids is 2. The summed E-state index contributed by atoms with van der Waals surface area (Å²) in [6, 6.07) is 6.56. The van der Waals surface area contributed by atoms with Gasteiger partial charge in [-0.25, -0.2) is 9.59 Å². The lowest BCUT2D eigenvalue weighted by molar-refractivity contribution is -0.142. The van der Waals surface area contributed by atoms with Crippen molar-refractivity contribution in [3.63, 3.8) is 0 Å². The summed E-state index contributed by atoms with van der Waals surface area (Å²) in [6.45, 7) is 1.86. The van der Waals surface area contributed by atoms with Gasteiger partial charge < -0.3 is 9.84 Å². The number of hydrogen-bond acceptors (Lipinski definition) is 4. The zero-order valence-electron chi connectivity index (χ0n) is 9.97. The van der Waals surface area contributed by atoms with Crippen LogP contribution >= 0.6 is 0 Å². The van der Waals surface area contributed by atoms with E-state index in [-0.39, 0.29) is 0 Å². The maximum atomic E-state index is 11.7. The summed E-state index contributed by atoms with van der Waals surface area (Å²) in [6.07, 6.45) is 0.763. The van der Waals surface area contributed by atoms with Gasteiger partial charge in [0.15, 0.2) is 5.78 Å². The van der Waals surface area contributed by atoms with Crippen molar-refractivity contribution in [3.8, 4) is 0 Å². The minimum absolute atomic E-state index is 0.309. The minimum atomic E-state index is -1.50. The summed E-state index contributed by atoms with van der Waals surface area (Å²) in [5.41, 5.74) is 0.591. The highest BCUT2D eigenvalue weighted by Gasteiger charge is 2.19. The second-order valence-corrected chi connectivity index (χ2v) is 3.59. The van der Waals surface area contributed by atoms with Crippen LogP contribution in [0.5, 0.6) is 0 Å². The Hall–Kier alpha value is -2.43. The molecule has 0 radical (unpaired) electrons. The van der Waals surface area contributed by atoms with Crippen molar-refractivity contribution >= 4 is 17.7 Å². The molecule has 0 fully saturated rings. The molecule has 5 heteroatoms. The Morgan fingerprint density at radius 2 is 1.72 bits per heavy atom. The van der Waals surface area contributed by atoms with Gasteiger partial charge in [-0.15, -0.1) is 0 Å². The third kappa shape index (κ3) is 3.28. The second-order valence-electron chi connectivity index (χ2n) is 3.59. The summed E-state index contributed by atoms with van der Waals surface area (Å²) >= 11 is 0. The normalized spacial score (nSPS) is 10.9. The number of aryl methyl sites for hydroxylation is 1. The van der Waals surface area contributed by atoms with Crippen LogP contribution < -0.4 is 0 Å². The van der Waals surface area contributed by atoms with Gasteiger partial charge in [0.2, 0.25) is 0 Å². The molecule has 0 amide bonds. The average Bonchev–Trinajstić information content (AvgIpc) is 2.35. The number of carboxylic acid groups (broad SMARTS) is 1. The van der Waals surface area contributed by atoms with E-state index in [9.17, 15) is 14.4 Å². The third-order valence-corrected chi connectivity index (χ3v) is 2.25. The SMILES string of the molecule is COC(=O)C(=CC(=O)c1ccc(C)cc1)C(=O)O. The second kappa shape index (κ2) is 5.77. The van der Waals surface area contributed by atoms with E-state index in [1.54, 1.807) is 24.3 Å². The zero-order valence-corrected chi connectivity index (χ0v) is 9.97. The number of carbonyl (C=O) groups is 3. The fourth-order valence-corrected chi connectivity index (χ4v) is 1.25. The Bertz CT molecular complexity index is 511. The molecule has 1 N–H and O–H groups in total. The van der Waals surface area contributed by atoms with Crippen molar-refractivity contribution in [1.29, 1.82) is 0 Å². The van der Waals surface area contributed by atoms with Gasteiger partial charge in [-0.2, -0.15) is 0 Å². The first-order valence-electron chi connectivity index (χ1n) is 5.10. The molecule has 1 aromatic carbocycles. The lowest BCUT2D eigenvalue weighted by Gasteiger charge is -2.00. The molecular formula is C13H12O5. The van der Waals surface area contributed by atoms with Crippen molar-refractivity contribution in [2.75, 3.05) is 7.11 Å². The highest BCUT2D eigenvalue weighted by Crippen LogP contribution is 2.07. The van der Waals surface area contributed by atoms with Crippen LogP contribution in [0, 0.1) is 6.92 Å². The predicted molar refractivity (Wildman–Crippen MR) is 63.2 cm³/mol. The Kier molecular flexibility index (Phi) is 4.37. The van der Waals surface area contributed by atoms with Crippen molar-refractivity contribution in [3.05, 3.63) is 47.0 Å². The monoisotopic (exact) mass is 248 g/mol. The van der Waals surface area contributed by atoms with Crippen molar-refractivity contribution in [2.24, 2.45) is 0 Å². The molecule has 0 saturated heterocycles. The van der Waals surface area contributed by atoms with E-state index in [1.165, 1.54) is 0 Å². The molecule has 5 nitrogen and oxygen atoms in total. The smallest absolute Gasteiger partial charge is 0.345 e. The summed E-state index contributed by atoms with van der Waals surface area (Å²) < 4.78 is 4.29. The first kappa shape index (κ1) is 13.6. The van der Waals surface area contributed by atoms with Crippen molar-refractivity contribution in [2.45, 2.75) is 6.92 Å². The number of ketones is 1. The average molecular weight is 248 g/mol. The van der Waals surface area contributed by atoms with Gasteiger partial charge in [-0.05, 0) is 6.92 Å². The molecule has 0 aromatic heterocycles. The van der Waals surface area contributed by atoms with E-state index in [0.717, 1.165) is 18.7 Å². The number of rotatable bonds is 4. The molecule has 1 rings (SSSR count). The Balaban J connectivity index is 3.05. The highest BCUT2D eigenvalue weighted by molar-refractivity contribution is 6.19. The number of allylic oxidation sites excluding steroid dienone is 1. The molecule has 0 unspecified atom stereocenters. The molecule has 94 valence electrons. The molecule has 18 heavy (non-hydrogen) atoms. The number of hydrogen-bond donors (Lipinski definition) is 1. The van der Waals surface area contributed by atoms with Gasteiger partial charge in [-0.1, -0.05) is 29.8 Å². The molecule has 0 heterocycles. The van der Waals surface area contributed by atoms with Crippen LogP contribution in [0.15, 0.2) is 35.9 Å². The summed E-state index contributed by atoms with van der Waals surface area (Å²) in [7, 11) is 1.05. The van der Waals surface area contributed by atoms with E-state index in [0.29, 0.717) is 5.56 Å². The lowest BCUT2D eigenvalue weighted by atomic mass is 10.1. The molecular weight excluding hydrogens is 236 g/mol. The number of methoxy groups -OCH3 is 1. The molecule has 1 aromatic rings. The van der Waals surface area contributed by atoms with Gasteiger partial charge in [0.05, 0.1) is 7.11 Å². The van der Waals surface area contributed by atoms with Crippen LogP contribution in [-0.4, -0.2) is 29.9 Å². The molecule has 0 aliphatic rings. The van der Waals surface area contributed by atoms with E-state index in [4.69, 9.17) is 5.11 Å². The van der Waals surface area contributed by atoms with Gasteiger partial charge in [0, 0.05) is 11.6 Å². The minimum Gasteiger partial charge on any atom is -0.477 e. The first-order valence-corrected chi connectivity index (χ1v) is 5.10. The van der Waals surface area contributed by atoms with E-state index in [2.05, 4.69) is 4.74 Å². The summed E-state index contributed by atoms with van der Waals surface area (Å²) in [4.78, 5) is 33.7. The fourth-order valence-electron chi connectivity index (χ4n) is 1.25. The van der Waals surface area contributed by atoms with Crippen molar-refractivity contribution in [1.82, 2.24) is 0 Å². The van der Waals surface area contributed by atoms with Crippen LogP contribution in [0.25, 0.3) is 0 Å². The quantitative estimate of drug-likeness (QED) is 0.286. The third-order valence-electron chi connectivity index (χ3n) is 2.25. The van der Waals surface area contributed by atoms with Crippen LogP contribution in [-0.2, 0) is 14.3 Å². The zero-order chi connectivity index (χ0) is 13.7. The maximum Gasteiger partial charge on any atom is 0.345 e. The van der Waals surface area contributed by atoms with E-state index >= 15 is 0 Å². The van der Waals surface area contributed by atoms with Crippen LogP contribution in [0.2, 0.25) is 0 Å². The number of carboxylic acids is 1. The van der Waals surface area contributed by atoms with Crippen LogP contribution in [0.4, 0.5) is 0 Å². The molecule has 0 atom stereocenters. The van der Waals surface area contributed by atoms with Gasteiger partial charge in [-0.3, -0.25) is 4.79 Å². The van der Waals surface area contributed by atoms with Gasteiger partial charge in [0.25, 0.3) is 0 Å². The van der Waals surface area contributed by atoms with Gasteiger partial charge >= 0.3 is 11.9 Å². The highest BCUT2D eigenvalue weighted by atomic mass is 16.5. The first-order chi connectivity index (χ1) is 8.45. The molecule has 0 aliphatic carbocycles. The Morgan fingerprint density at radius 1 is 1.17 bits per heavy atom. The Morgan fingerprint density at radius 3 is 2.17 bits per heavy atom. The number of aliphatic carboxylic acids is 1. The summed E-state index contributed by atoms with van der Waals surface area (Å²) in [5.74, 6) is -3.11. The fraction of sp³-hybridized carbons (Fsp3) is 0.154. The van der Waals surface area contributed by atoms with Crippen LogP contribution in [0.3, 0.4) is 0 Å². The van der Waals surface area contributed by atoms with Crippen molar-refractivity contribution < 1.29 is 24.2 Å². The molecule has 0 saturated carbocycles. The van der Waals surface area contributed by atoms with E-state index < -0.39 is 23.3 Å². The Labute approximate surface area is 104 Å². The topological polar surface area (TPSA) is 80.7 Å². The number of ether oxygens (including phenoxy) is 1. The summed E-state index contributed by atoms with van der Waals surface area (Å²) in [5, 5.41) is 8.79. The lowest BCUT2D eigenvalue weighted by Crippen LogP contribution is -2.15. The standard InChI is InChI=1S/C13H12O5/c1-8-3-5-9(6-4-8)11(14)7-10(12(15)16)13(17)18-2/h3-7H,1-2H3,(H,15,16). The maximum absolute atomic E-state index is 11.7. The van der Waals surface area contributed by atoms with E-state index in [1.807, 2.05) is 6.92 Å². The molecule has 0 bridgehead atoms.